The molecule has 1 unspecified atom stereocenters. The number of pyridine rings is 1. The standard InChI is InChI=1S/C27H20ClF3N4O/c28-21-7-9-22(10-8-21)33-25(36)16-35-15-23(26(34-35)17-4-2-1-3-5-17)19-12-18-13-20(27(29,30)31)6-11-24(18)32-14-19/h1-14,23H,15-16H2,(H,33,36). The van der Waals surface area contributed by atoms with Gasteiger partial charge in [-0.3, -0.25) is 14.8 Å². The van der Waals surface area contributed by atoms with Gasteiger partial charge in [-0.05, 0) is 59.7 Å². The predicted octanol–water partition coefficient (Wildman–Crippen LogP) is 6.35. The molecule has 5 nitrogen and oxygen atoms in total. The van der Waals surface area contributed by atoms with E-state index in [1.54, 1.807) is 41.5 Å². The van der Waals surface area contributed by atoms with Gasteiger partial charge < -0.3 is 5.32 Å². The number of benzene rings is 3. The van der Waals surface area contributed by atoms with Crippen molar-refractivity contribution in [2.24, 2.45) is 5.10 Å². The number of hydrazone groups is 1. The fourth-order valence-electron chi connectivity index (χ4n) is 4.21. The van der Waals surface area contributed by atoms with Gasteiger partial charge in [0.1, 0.15) is 6.54 Å². The number of anilines is 1. The summed E-state index contributed by atoms with van der Waals surface area (Å²) in [7, 11) is 0. The van der Waals surface area contributed by atoms with Gasteiger partial charge in [0.05, 0.1) is 16.8 Å². The van der Waals surface area contributed by atoms with Crippen LogP contribution in [0.2, 0.25) is 5.02 Å². The highest BCUT2D eigenvalue weighted by atomic mass is 35.5. The molecule has 0 radical (unpaired) electrons. The number of amides is 1. The first-order valence-electron chi connectivity index (χ1n) is 11.2. The van der Waals surface area contributed by atoms with Crippen molar-refractivity contribution in [3.63, 3.8) is 0 Å². The lowest BCUT2D eigenvalue weighted by Gasteiger charge is -2.17. The Bertz CT molecular complexity index is 1440. The van der Waals surface area contributed by atoms with E-state index in [-0.39, 0.29) is 18.4 Å². The highest BCUT2D eigenvalue weighted by Gasteiger charge is 2.32. The maximum Gasteiger partial charge on any atom is 0.416 e. The van der Waals surface area contributed by atoms with Crippen LogP contribution in [0.5, 0.6) is 0 Å². The number of hydrogen-bond donors (Lipinski definition) is 1. The van der Waals surface area contributed by atoms with Crippen LogP contribution in [0.4, 0.5) is 18.9 Å². The van der Waals surface area contributed by atoms with Gasteiger partial charge in [0.2, 0.25) is 5.91 Å². The van der Waals surface area contributed by atoms with E-state index in [2.05, 4.69) is 10.3 Å². The van der Waals surface area contributed by atoms with Gasteiger partial charge in [0.15, 0.2) is 0 Å². The van der Waals surface area contributed by atoms with Gasteiger partial charge in [-0.25, -0.2) is 0 Å². The Morgan fingerprint density at radius 2 is 1.78 bits per heavy atom. The number of nitrogens with zero attached hydrogens (tertiary/aromatic N) is 3. The fraction of sp³-hybridized carbons (Fsp3) is 0.148. The average Bonchev–Trinajstić information content (AvgIpc) is 3.28. The van der Waals surface area contributed by atoms with Crippen LogP contribution in [0.25, 0.3) is 10.9 Å². The number of halogens is 4. The molecule has 0 fully saturated rings. The smallest absolute Gasteiger partial charge is 0.324 e. The summed E-state index contributed by atoms with van der Waals surface area (Å²) in [5.74, 6) is -0.525. The average molecular weight is 509 g/mol. The van der Waals surface area contributed by atoms with Crippen molar-refractivity contribution in [2.45, 2.75) is 12.1 Å². The van der Waals surface area contributed by atoms with Gasteiger partial charge in [0.25, 0.3) is 0 Å². The third-order valence-corrected chi connectivity index (χ3v) is 6.18. The van der Waals surface area contributed by atoms with E-state index in [0.29, 0.717) is 28.2 Å². The van der Waals surface area contributed by atoms with Gasteiger partial charge in [-0.1, -0.05) is 41.9 Å². The molecule has 1 N–H and O–H groups in total. The zero-order chi connectivity index (χ0) is 25.3. The highest BCUT2D eigenvalue weighted by Crippen LogP contribution is 2.33. The molecule has 1 aliphatic rings. The highest BCUT2D eigenvalue weighted by molar-refractivity contribution is 6.30. The van der Waals surface area contributed by atoms with Crippen LogP contribution in [-0.2, 0) is 11.0 Å². The molecule has 0 saturated heterocycles. The molecule has 0 aliphatic carbocycles. The summed E-state index contributed by atoms with van der Waals surface area (Å²) in [5.41, 5.74) is 2.69. The van der Waals surface area contributed by atoms with Crippen molar-refractivity contribution in [3.8, 4) is 0 Å². The van der Waals surface area contributed by atoms with Crippen molar-refractivity contribution in [2.75, 3.05) is 18.4 Å². The minimum Gasteiger partial charge on any atom is -0.324 e. The molecule has 5 rings (SSSR count). The Balaban J connectivity index is 1.43. The Kier molecular flexibility index (Phi) is 6.36. The Morgan fingerprint density at radius 1 is 1.03 bits per heavy atom. The maximum atomic E-state index is 13.3. The molecule has 1 aromatic heterocycles. The lowest BCUT2D eigenvalue weighted by atomic mass is 9.91. The first-order chi connectivity index (χ1) is 17.3. The molecule has 1 atom stereocenters. The Labute approximate surface area is 210 Å². The normalized spacial score (nSPS) is 15.7. The molecule has 36 heavy (non-hydrogen) atoms. The lowest BCUT2D eigenvalue weighted by Crippen LogP contribution is -2.29. The summed E-state index contributed by atoms with van der Waals surface area (Å²) >= 11 is 5.90. The van der Waals surface area contributed by atoms with E-state index in [1.807, 2.05) is 30.3 Å². The van der Waals surface area contributed by atoms with E-state index < -0.39 is 11.7 Å². The molecule has 1 aliphatic heterocycles. The number of aromatic nitrogens is 1. The van der Waals surface area contributed by atoms with E-state index >= 15 is 0 Å². The Hall–Kier alpha value is -3.91. The van der Waals surface area contributed by atoms with Crippen molar-refractivity contribution < 1.29 is 18.0 Å². The number of hydrogen-bond acceptors (Lipinski definition) is 4. The van der Waals surface area contributed by atoms with Crippen LogP contribution in [0.3, 0.4) is 0 Å². The van der Waals surface area contributed by atoms with Crippen molar-refractivity contribution in [3.05, 3.63) is 107 Å². The van der Waals surface area contributed by atoms with Crippen LogP contribution in [0.1, 0.15) is 22.6 Å². The SMILES string of the molecule is O=C(CN1CC(c2cnc3ccc(C(F)(F)F)cc3c2)C(c2ccccc2)=N1)Nc1ccc(Cl)cc1. The number of fused-ring (bicyclic) bond motifs is 1. The molecular formula is C27H20ClF3N4O. The molecular weight excluding hydrogens is 489 g/mol. The van der Waals surface area contributed by atoms with Crippen LogP contribution in [0.15, 0.2) is 90.2 Å². The largest absolute Gasteiger partial charge is 0.416 e. The molecule has 4 aromatic rings. The summed E-state index contributed by atoms with van der Waals surface area (Å²) in [6, 6.07) is 21.5. The van der Waals surface area contributed by atoms with Gasteiger partial charge in [0, 0.05) is 34.8 Å². The fourth-order valence-corrected chi connectivity index (χ4v) is 4.33. The molecule has 0 saturated carbocycles. The summed E-state index contributed by atoms with van der Waals surface area (Å²) in [5, 5.41) is 10.2. The number of carbonyl (C=O) groups excluding carboxylic acids is 1. The molecule has 9 heteroatoms. The molecule has 182 valence electrons. The molecule has 3 aromatic carbocycles. The van der Waals surface area contributed by atoms with Gasteiger partial charge >= 0.3 is 6.18 Å². The van der Waals surface area contributed by atoms with Crippen molar-refractivity contribution in [1.29, 1.82) is 0 Å². The number of nitrogens with one attached hydrogen (secondary N) is 1. The van der Waals surface area contributed by atoms with Crippen LogP contribution in [-0.4, -0.2) is 34.7 Å². The first-order valence-corrected chi connectivity index (χ1v) is 11.6. The monoisotopic (exact) mass is 508 g/mol. The minimum absolute atomic E-state index is 0.00862. The van der Waals surface area contributed by atoms with Crippen LogP contribution in [0, 0.1) is 0 Å². The first kappa shape index (κ1) is 23.8. The minimum atomic E-state index is -4.44. The van der Waals surface area contributed by atoms with Gasteiger partial charge in [-0.15, -0.1) is 0 Å². The van der Waals surface area contributed by atoms with E-state index in [0.717, 1.165) is 29.0 Å². The second-order valence-corrected chi connectivity index (χ2v) is 8.92. The van der Waals surface area contributed by atoms with Crippen molar-refractivity contribution >= 4 is 39.8 Å². The summed E-state index contributed by atoms with van der Waals surface area (Å²) in [6.45, 7) is 0.388. The third-order valence-electron chi connectivity index (χ3n) is 5.93. The number of alkyl halides is 3. The number of carbonyl (C=O) groups is 1. The molecule has 0 bridgehead atoms. The van der Waals surface area contributed by atoms with E-state index in [1.165, 1.54) is 6.07 Å². The number of rotatable bonds is 5. The van der Waals surface area contributed by atoms with E-state index in [9.17, 15) is 18.0 Å². The zero-order valence-corrected chi connectivity index (χ0v) is 19.6. The van der Waals surface area contributed by atoms with Crippen molar-refractivity contribution in [1.82, 2.24) is 9.99 Å². The second kappa shape index (κ2) is 9.62. The zero-order valence-electron chi connectivity index (χ0n) is 18.8. The predicted molar refractivity (Wildman–Crippen MR) is 134 cm³/mol. The molecule has 1 amide bonds. The quantitative estimate of drug-likeness (QED) is 0.342. The summed E-state index contributed by atoms with van der Waals surface area (Å²) in [4.78, 5) is 17.1. The summed E-state index contributed by atoms with van der Waals surface area (Å²) < 4.78 is 39.8. The lowest BCUT2D eigenvalue weighted by molar-refractivity contribution is -0.137. The maximum absolute atomic E-state index is 13.3. The molecule has 2 heterocycles. The topological polar surface area (TPSA) is 57.6 Å². The van der Waals surface area contributed by atoms with Crippen LogP contribution < -0.4 is 5.32 Å². The third kappa shape index (κ3) is 5.18. The second-order valence-electron chi connectivity index (χ2n) is 8.48. The van der Waals surface area contributed by atoms with E-state index in [4.69, 9.17) is 16.7 Å². The Morgan fingerprint density at radius 3 is 2.50 bits per heavy atom. The summed E-state index contributed by atoms with van der Waals surface area (Å²) in [6.07, 6.45) is -2.78. The van der Waals surface area contributed by atoms with Crippen LogP contribution >= 0.6 is 11.6 Å². The van der Waals surface area contributed by atoms with Gasteiger partial charge in [-0.2, -0.15) is 18.3 Å². The molecule has 0 spiro atoms.